The summed E-state index contributed by atoms with van der Waals surface area (Å²) >= 11 is 0. The van der Waals surface area contributed by atoms with Gasteiger partial charge < -0.3 is 9.94 Å². The first-order valence-electron chi connectivity index (χ1n) is 4.41. The molecular weight excluding hydrogens is 166 g/mol. The van der Waals surface area contributed by atoms with E-state index < -0.39 is 0 Å². The van der Waals surface area contributed by atoms with Gasteiger partial charge in [-0.1, -0.05) is 18.2 Å². The number of nitrogens with zero attached hydrogens (tertiary/aromatic N) is 1. The number of para-hydroxylation sites is 1. The minimum absolute atomic E-state index is 0.517. The summed E-state index contributed by atoms with van der Waals surface area (Å²) in [7, 11) is 1.63. The van der Waals surface area contributed by atoms with Crippen molar-refractivity contribution in [2.75, 3.05) is 13.7 Å². The molecule has 0 fully saturated rings. The minimum Gasteiger partial charge on any atom is -0.493 e. The van der Waals surface area contributed by atoms with E-state index in [1.807, 2.05) is 12.1 Å². The van der Waals surface area contributed by atoms with Crippen LogP contribution in [0, 0.1) is 0 Å². The number of fused-ring (bicyclic) bond motifs is 1. The summed E-state index contributed by atoms with van der Waals surface area (Å²) in [4.78, 5) is 0. The molecule has 3 heteroatoms. The van der Waals surface area contributed by atoms with Crippen LogP contribution in [0.5, 0.6) is 5.75 Å². The number of hydrogen-bond donors (Lipinski definition) is 1. The van der Waals surface area contributed by atoms with E-state index in [0.29, 0.717) is 6.54 Å². The summed E-state index contributed by atoms with van der Waals surface area (Å²) in [5.41, 5.74) is 2.30. The van der Waals surface area contributed by atoms with Gasteiger partial charge in [0.2, 0.25) is 0 Å². The Hall–Kier alpha value is -1.06. The zero-order valence-corrected chi connectivity index (χ0v) is 7.66. The monoisotopic (exact) mass is 179 g/mol. The molecule has 0 spiro atoms. The van der Waals surface area contributed by atoms with Crippen molar-refractivity contribution in [3.8, 4) is 5.75 Å². The molecule has 0 saturated heterocycles. The summed E-state index contributed by atoms with van der Waals surface area (Å²) in [5, 5.41) is 10.3. The Bertz CT molecular complexity index is 310. The molecule has 0 amide bonds. The van der Waals surface area contributed by atoms with Crippen molar-refractivity contribution >= 4 is 0 Å². The smallest absolute Gasteiger partial charge is 0.127 e. The standard InChI is InChI=1S/C10H13NO2/c1-11(12)7-9-4-2-3-8-5-6-13-10(8)9/h2-4,12H,5-7H2,1H3. The maximum Gasteiger partial charge on any atom is 0.127 e. The van der Waals surface area contributed by atoms with Crippen LogP contribution in [0.4, 0.5) is 0 Å². The highest BCUT2D eigenvalue weighted by Gasteiger charge is 2.15. The van der Waals surface area contributed by atoms with Crippen LogP contribution in [0.25, 0.3) is 0 Å². The number of rotatable bonds is 2. The molecule has 1 aromatic rings. The Morgan fingerprint density at radius 1 is 1.54 bits per heavy atom. The van der Waals surface area contributed by atoms with Crippen molar-refractivity contribution < 1.29 is 9.94 Å². The summed E-state index contributed by atoms with van der Waals surface area (Å²) < 4.78 is 5.49. The topological polar surface area (TPSA) is 32.7 Å². The fraction of sp³-hybridized carbons (Fsp3) is 0.400. The van der Waals surface area contributed by atoms with E-state index in [9.17, 15) is 0 Å². The highest BCUT2D eigenvalue weighted by Crippen LogP contribution is 2.29. The largest absolute Gasteiger partial charge is 0.493 e. The van der Waals surface area contributed by atoms with Crippen LogP contribution in [0.3, 0.4) is 0 Å². The number of benzene rings is 1. The first-order chi connectivity index (χ1) is 6.27. The van der Waals surface area contributed by atoms with E-state index in [-0.39, 0.29) is 0 Å². The molecule has 0 atom stereocenters. The van der Waals surface area contributed by atoms with Gasteiger partial charge in [-0.05, 0) is 5.56 Å². The maximum atomic E-state index is 9.11. The summed E-state index contributed by atoms with van der Waals surface area (Å²) in [6, 6.07) is 6.06. The van der Waals surface area contributed by atoms with E-state index in [2.05, 4.69) is 6.07 Å². The average Bonchev–Trinajstić information content (AvgIpc) is 2.51. The highest BCUT2D eigenvalue weighted by molar-refractivity contribution is 5.43. The molecule has 0 saturated carbocycles. The lowest BCUT2D eigenvalue weighted by atomic mass is 10.1. The van der Waals surface area contributed by atoms with Gasteiger partial charge in [-0.15, -0.1) is 0 Å². The molecule has 3 nitrogen and oxygen atoms in total. The van der Waals surface area contributed by atoms with Crippen molar-refractivity contribution in [1.82, 2.24) is 5.06 Å². The molecular formula is C10H13NO2. The van der Waals surface area contributed by atoms with Crippen molar-refractivity contribution in [2.24, 2.45) is 0 Å². The minimum atomic E-state index is 0.517. The second-order valence-corrected chi connectivity index (χ2v) is 3.32. The zero-order chi connectivity index (χ0) is 9.26. The molecule has 1 aliphatic rings. The lowest BCUT2D eigenvalue weighted by molar-refractivity contribution is -0.0735. The van der Waals surface area contributed by atoms with Gasteiger partial charge in [0.15, 0.2) is 0 Å². The molecule has 1 heterocycles. The van der Waals surface area contributed by atoms with Crippen molar-refractivity contribution in [2.45, 2.75) is 13.0 Å². The SMILES string of the molecule is CN(O)Cc1cccc2c1OCC2. The highest BCUT2D eigenvalue weighted by atomic mass is 16.5. The molecule has 0 unspecified atom stereocenters. The zero-order valence-electron chi connectivity index (χ0n) is 7.66. The van der Waals surface area contributed by atoms with Gasteiger partial charge >= 0.3 is 0 Å². The van der Waals surface area contributed by atoms with E-state index in [0.717, 1.165) is 29.4 Å². The molecule has 1 aromatic carbocycles. The second-order valence-electron chi connectivity index (χ2n) is 3.32. The van der Waals surface area contributed by atoms with Crippen LogP contribution in [0.15, 0.2) is 18.2 Å². The molecule has 0 aromatic heterocycles. The molecule has 1 N–H and O–H groups in total. The van der Waals surface area contributed by atoms with Gasteiger partial charge in [-0.2, -0.15) is 5.06 Å². The predicted molar refractivity (Wildman–Crippen MR) is 48.9 cm³/mol. The van der Waals surface area contributed by atoms with E-state index in [4.69, 9.17) is 9.94 Å². The molecule has 0 radical (unpaired) electrons. The van der Waals surface area contributed by atoms with Gasteiger partial charge in [0, 0.05) is 19.0 Å². The second kappa shape index (κ2) is 3.36. The van der Waals surface area contributed by atoms with E-state index >= 15 is 0 Å². The van der Waals surface area contributed by atoms with E-state index in [1.165, 1.54) is 5.56 Å². The maximum absolute atomic E-state index is 9.11. The Morgan fingerprint density at radius 2 is 2.38 bits per heavy atom. The molecule has 0 aliphatic carbocycles. The van der Waals surface area contributed by atoms with Crippen LogP contribution < -0.4 is 4.74 Å². The number of hydroxylamine groups is 2. The third kappa shape index (κ3) is 1.66. The van der Waals surface area contributed by atoms with Gasteiger partial charge in [0.05, 0.1) is 13.2 Å². The number of ether oxygens (including phenoxy) is 1. The summed E-state index contributed by atoms with van der Waals surface area (Å²) in [5.74, 6) is 0.961. The quantitative estimate of drug-likeness (QED) is 0.697. The van der Waals surface area contributed by atoms with Crippen molar-refractivity contribution in [3.05, 3.63) is 29.3 Å². The first kappa shape index (κ1) is 8.53. The lowest BCUT2D eigenvalue weighted by Gasteiger charge is -2.11. The van der Waals surface area contributed by atoms with E-state index in [1.54, 1.807) is 7.05 Å². The Balaban J connectivity index is 2.30. The molecule has 1 aliphatic heterocycles. The van der Waals surface area contributed by atoms with Gasteiger partial charge in [0.1, 0.15) is 5.75 Å². The molecule has 13 heavy (non-hydrogen) atoms. The van der Waals surface area contributed by atoms with Gasteiger partial charge in [0.25, 0.3) is 0 Å². The number of hydrogen-bond acceptors (Lipinski definition) is 3. The summed E-state index contributed by atoms with van der Waals surface area (Å²) in [6.07, 6.45) is 0.984. The van der Waals surface area contributed by atoms with Crippen molar-refractivity contribution in [3.63, 3.8) is 0 Å². The van der Waals surface area contributed by atoms with Crippen LogP contribution >= 0.6 is 0 Å². The van der Waals surface area contributed by atoms with Crippen LogP contribution in [0.1, 0.15) is 11.1 Å². The van der Waals surface area contributed by atoms with Crippen LogP contribution in [-0.2, 0) is 13.0 Å². The Labute approximate surface area is 77.5 Å². The Morgan fingerprint density at radius 3 is 3.15 bits per heavy atom. The molecule has 0 bridgehead atoms. The normalized spacial score (nSPS) is 14.4. The van der Waals surface area contributed by atoms with Crippen LogP contribution in [-0.4, -0.2) is 23.9 Å². The van der Waals surface area contributed by atoms with Crippen molar-refractivity contribution in [1.29, 1.82) is 0 Å². The average molecular weight is 179 g/mol. The Kier molecular flexibility index (Phi) is 2.20. The fourth-order valence-electron chi connectivity index (χ4n) is 1.65. The third-order valence-corrected chi connectivity index (χ3v) is 2.20. The molecule has 2 rings (SSSR count). The summed E-state index contributed by atoms with van der Waals surface area (Å²) in [6.45, 7) is 1.28. The van der Waals surface area contributed by atoms with Crippen LogP contribution in [0.2, 0.25) is 0 Å². The lowest BCUT2D eigenvalue weighted by Crippen LogP contribution is -2.12. The predicted octanol–water partition coefficient (Wildman–Crippen LogP) is 1.44. The van der Waals surface area contributed by atoms with Gasteiger partial charge in [-0.3, -0.25) is 0 Å². The third-order valence-electron chi connectivity index (χ3n) is 2.20. The molecule has 70 valence electrons. The fourth-order valence-corrected chi connectivity index (χ4v) is 1.65. The van der Waals surface area contributed by atoms with Gasteiger partial charge in [-0.25, -0.2) is 0 Å². The first-order valence-corrected chi connectivity index (χ1v) is 4.41.